The van der Waals surface area contributed by atoms with Gasteiger partial charge in [-0.25, -0.2) is 0 Å². The molecular weight excluding hydrogens is 335 g/mol. The van der Waals surface area contributed by atoms with E-state index in [1.807, 2.05) is 18.2 Å². The smallest absolute Gasteiger partial charge is 0.240 e. The molecule has 0 saturated carbocycles. The third-order valence-corrected chi connectivity index (χ3v) is 4.88. The third kappa shape index (κ3) is 4.44. The van der Waals surface area contributed by atoms with Gasteiger partial charge in [-0.3, -0.25) is 4.90 Å². The summed E-state index contributed by atoms with van der Waals surface area (Å²) >= 11 is 12.3. The predicted octanol–water partition coefficient (Wildman–Crippen LogP) is 3.29. The van der Waals surface area contributed by atoms with Gasteiger partial charge in [0.1, 0.15) is 0 Å². The summed E-state index contributed by atoms with van der Waals surface area (Å²) in [6.45, 7) is 3.05. The van der Waals surface area contributed by atoms with E-state index in [9.17, 15) is 0 Å². The maximum absolute atomic E-state index is 6.26. The Morgan fingerprint density at radius 3 is 2.74 bits per heavy atom. The molecule has 0 bridgehead atoms. The molecule has 0 spiro atoms. The second-order valence-electron chi connectivity index (χ2n) is 5.97. The summed E-state index contributed by atoms with van der Waals surface area (Å²) in [5.74, 6) is 1.83. The largest absolute Gasteiger partial charge is 0.338 e. The molecule has 7 heteroatoms. The number of nitrogens with zero attached hydrogens (tertiary/aromatic N) is 3. The Morgan fingerprint density at radius 1 is 1.26 bits per heavy atom. The number of benzene rings is 1. The Balaban J connectivity index is 1.51. The monoisotopic (exact) mass is 354 g/mol. The van der Waals surface area contributed by atoms with Gasteiger partial charge in [-0.2, -0.15) is 4.98 Å². The van der Waals surface area contributed by atoms with Gasteiger partial charge in [0.25, 0.3) is 0 Å². The van der Waals surface area contributed by atoms with Crippen molar-refractivity contribution in [3.63, 3.8) is 0 Å². The SMILES string of the molecule is NCc1nc(CN2CCC(Cc3cc(Cl)ccc3Cl)CC2)no1. The van der Waals surface area contributed by atoms with Crippen LogP contribution in [0.1, 0.15) is 30.1 Å². The molecule has 0 radical (unpaired) electrons. The van der Waals surface area contributed by atoms with Crippen molar-refractivity contribution < 1.29 is 4.52 Å². The lowest BCUT2D eigenvalue weighted by atomic mass is 9.90. The minimum Gasteiger partial charge on any atom is -0.338 e. The molecule has 2 heterocycles. The fraction of sp³-hybridized carbons (Fsp3) is 0.500. The van der Waals surface area contributed by atoms with Crippen molar-refractivity contribution in [3.05, 3.63) is 45.5 Å². The Bertz CT molecular complexity index is 653. The summed E-state index contributed by atoms with van der Waals surface area (Å²) in [7, 11) is 0. The van der Waals surface area contributed by atoms with E-state index in [-0.39, 0.29) is 6.54 Å². The Kier molecular flexibility index (Phi) is 5.54. The molecule has 5 nitrogen and oxygen atoms in total. The molecule has 1 aromatic heterocycles. The van der Waals surface area contributed by atoms with Crippen LogP contribution >= 0.6 is 23.2 Å². The lowest BCUT2D eigenvalue weighted by Gasteiger charge is -2.31. The summed E-state index contributed by atoms with van der Waals surface area (Å²) in [6, 6.07) is 5.68. The molecule has 0 atom stereocenters. The molecule has 2 N–H and O–H groups in total. The first-order chi connectivity index (χ1) is 11.1. The normalized spacial score (nSPS) is 16.8. The highest BCUT2D eigenvalue weighted by atomic mass is 35.5. The van der Waals surface area contributed by atoms with Crippen LogP contribution in [0.5, 0.6) is 0 Å². The topological polar surface area (TPSA) is 68.2 Å². The predicted molar refractivity (Wildman–Crippen MR) is 90.4 cm³/mol. The standard InChI is InChI=1S/C16H20Cl2N4O/c17-13-1-2-14(18)12(8-13)7-11-3-5-22(6-4-11)10-15-20-16(9-19)23-21-15/h1-2,8,11H,3-7,9-10,19H2. The van der Waals surface area contributed by atoms with Crippen LogP contribution in [-0.2, 0) is 19.5 Å². The van der Waals surface area contributed by atoms with E-state index in [0.29, 0.717) is 24.2 Å². The van der Waals surface area contributed by atoms with Crippen LogP contribution in [0, 0.1) is 5.92 Å². The molecule has 1 fully saturated rings. The third-order valence-electron chi connectivity index (χ3n) is 4.27. The molecule has 2 aromatic rings. The summed E-state index contributed by atoms with van der Waals surface area (Å²) in [4.78, 5) is 6.60. The van der Waals surface area contributed by atoms with Gasteiger partial charge in [0, 0.05) is 10.0 Å². The van der Waals surface area contributed by atoms with Crippen LogP contribution in [0.25, 0.3) is 0 Å². The Labute approximate surface area is 145 Å². The quantitative estimate of drug-likeness (QED) is 0.891. The van der Waals surface area contributed by atoms with Crippen LogP contribution < -0.4 is 5.73 Å². The highest BCUT2D eigenvalue weighted by Gasteiger charge is 2.21. The van der Waals surface area contributed by atoms with Gasteiger partial charge in [-0.05, 0) is 62.0 Å². The van der Waals surface area contributed by atoms with Gasteiger partial charge >= 0.3 is 0 Å². The number of piperidine rings is 1. The minimum atomic E-state index is 0.287. The summed E-state index contributed by atoms with van der Waals surface area (Å²) in [5, 5.41) is 5.50. The van der Waals surface area contributed by atoms with E-state index in [1.165, 1.54) is 0 Å². The van der Waals surface area contributed by atoms with Crippen molar-refractivity contribution in [2.24, 2.45) is 11.7 Å². The Morgan fingerprint density at radius 2 is 2.04 bits per heavy atom. The highest BCUT2D eigenvalue weighted by Crippen LogP contribution is 2.28. The van der Waals surface area contributed by atoms with Crippen molar-refractivity contribution in [1.82, 2.24) is 15.0 Å². The summed E-state index contributed by atoms with van der Waals surface area (Å²) in [6.07, 6.45) is 3.24. The first kappa shape index (κ1) is 16.7. The van der Waals surface area contributed by atoms with Gasteiger partial charge in [0.05, 0.1) is 13.1 Å². The molecule has 0 amide bonds. The van der Waals surface area contributed by atoms with Gasteiger partial charge < -0.3 is 10.3 Å². The van der Waals surface area contributed by atoms with E-state index in [0.717, 1.165) is 48.0 Å². The number of rotatable bonds is 5. The second kappa shape index (κ2) is 7.62. The average molecular weight is 355 g/mol. The maximum atomic E-state index is 6.26. The van der Waals surface area contributed by atoms with E-state index in [2.05, 4.69) is 15.0 Å². The molecule has 3 rings (SSSR count). The number of aromatic nitrogens is 2. The number of halogens is 2. The van der Waals surface area contributed by atoms with Crippen molar-refractivity contribution in [2.75, 3.05) is 13.1 Å². The van der Waals surface area contributed by atoms with Crippen molar-refractivity contribution in [2.45, 2.75) is 32.4 Å². The van der Waals surface area contributed by atoms with Crippen molar-refractivity contribution in [1.29, 1.82) is 0 Å². The number of hydrogen-bond acceptors (Lipinski definition) is 5. The molecule has 124 valence electrons. The van der Waals surface area contributed by atoms with E-state index in [4.69, 9.17) is 33.5 Å². The van der Waals surface area contributed by atoms with Crippen LogP contribution in [0.2, 0.25) is 10.0 Å². The molecule has 0 unspecified atom stereocenters. The van der Waals surface area contributed by atoms with Gasteiger partial charge in [-0.15, -0.1) is 0 Å². The van der Waals surface area contributed by atoms with Crippen LogP contribution in [0.4, 0.5) is 0 Å². The fourth-order valence-corrected chi connectivity index (χ4v) is 3.39. The van der Waals surface area contributed by atoms with Gasteiger partial charge in [0.2, 0.25) is 5.89 Å². The Hall–Kier alpha value is -1.14. The lowest BCUT2D eigenvalue weighted by Crippen LogP contribution is -2.34. The first-order valence-electron chi connectivity index (χ1n) is 7.82. The zero-order valence-corrected chi connectivity index (χ0v) is 14.4. The van der Waals surface area contributed by atoms with Crippen molar-refractivity contribution >= 4 is 23.2 Å². The molecule has 1 aliphatic rings. The van der Waals surface area contributed by atoms with E-state index >= 15 is 0 Å². The van der Waals surface area contributed by atoms with Gasteiger partial charge in [0.15, 0.2) is 5.82 Å². The molecule has 1 aromatic carbocycles. The zero-order chi connectivity index (χ0) is 16.2. The zero-order valence-electron chi connectivity index (χ0n) is 12.8. The summed E-state index contributed by atoms with van der Waals surface area (Å²) in [5.41, 5.74) is 6.62. The molecule has 23 heavy (non-hydrogen) atoms. The second-order valence-corrected chi connectivity index (χ2v) is 6.81. The number of likely N-dealkylation sites (tertiary alicyclic amines) is 1. The highest BCUT2D eigenvalue weighted by molar-refractivity contribution is 6.33. The van der Waals surface area contributed by atoms with E-state index in [1.54, 1.807) is 0 Å². The van der Waals surface area contributed by atoms with Crippen LogP contribution in [0.15, 0.2) is 22.7 Å². The van der Waals surface area contributed by atoms with Crippen LogP contribution in [0.3, 0.4) is 0 Å². The number of hydrogen-bond donors (Lipinski definition) is 1. The maximum Gasteiger partial charge on any atom is 0.240 e. The molecule has 0 aliphatic carbocycles. The summed E-state index contributed by atoms with van der Waals surface area (Å²) < 4.78 is 5.04. The van der Waals surface area contributed by atoms with E-state index < -0.39 is 0 Å². The fourth-order valence-electron chi connectivity index (χ4n) is 3.00. The first-order valence-corrected chi connectivity index (χ1v) is 8.57. The van der Waals surface area contributed by atoms with Crippen LogP contribution in [-0.4, -0.2) is 28.1 Å². The average Bonchev–Trinajstić information content (AvgIpc) is 3.00. The number of nitrogens with two attached hydrogens (primary N) is 1. The van der Waals surface area contributed by atoms with Crippen molar-refractivity contribution in [3.8, 4) is 0 Å². The van der Waals surface area contributed by atoms with Gasteiger partial charge in [-0.1, -0.05) is 28.4 Å². The molecular formula is C16H20Cl2N4O. The lowest BCUT2D eigenvalue weighted by molar-refractivity contribution is 0.172. The minimum absolute atomic E-state index is 0.287. The molecule has 1 saturated heterocycles. The molecule has 1 aliphatic heterocycles.